The molecule has 1 aliphatic rings. The second-order valence-corrected chi connectivity index (χ2v) is 8.77. The fourth-order valence-electron chi connectivity index (χ4n) is 2.99. The van der Waals surface area contributed by atoms with Crippen LogP contribution in [0, 0.1) is 13.8 Å². The summed E-state index contributed by atoms with van der Waals surface area (Å²) in [7, 11) is -3.72. The summed E-state index contributed by atoms with van der Waals surface area (Å²) in [5, 5.41) is 5.17. The molecular weight excluding hydrogens is 356 g/mol. The lowest BCUT2D eigenvalue weighted by Crippen LogP contribution is -2.30. The zero-order valence-electron chi connectivity index (χ0n) is 14.2. The molecule has 5 nitrogen and oxygen atoms in total. The van der Waals surface area contributed by atoms with Crippen LogP contribution in [0.2, 0.25) is 0 Å². The number of thioether (sulfide) groups is 1. The number of nitrogens with two attached hydrogens (primary N) is 1. The summed E-state index contributed by atoms with van der Waals surface area (Å²) in [6.07, 6.45) is 0.638. The van der Waals surface area contributed by atoms with Crippen LogP contribution in [-0.4, -0.2) is 26.6 Å². The van der Waals surface area contributed by atoms with Gasteiger partial charge in [0.25, 0.3) is 0 Å². The van der Waals surface area contributed by atoms with E-state index in [0.29, 0.717) is 18.7 Å². The van der Waals surface area contributed by atoms with Crippen molar-refractivity contribution in [2.24, 2.45) is 5.14 Å². The molecule has 0 saturated carbocycles. The predicted molar refractivity (Wildman–Crippen MR) is 101 cm³/mol. The number of hydrogen-bond acceptors (Lipinski definition) is 4. The number of hydrogen-bond donors (Lipinski definition) is 1. The molecule has 2 aromatic carbocycles. The minimum atomic E-state index is -3.72. The number of fused-ring (bicyclic) bond motifs is 1. The van der Waals surface area contributed by atoms with Crippen molar-refractivity contribution in [1.82, 2.24) is 0 Å². The van der Waals surface area contributed by atoms with Gasteiger partial charge in [-0.15, -0.1) is 11.8 Å². The molecule has 2 aromatic rings. The minimum Gasteiger partial charge on any atom is -0.311 e. The van der Waals surface area contributed by atoms with Crippen LogP contribution in [-0.2, 0) is 21.2 Å². The maximum Gasteiger partial charge on any atom is 0.238 e. The van der Waals surface area contributed by atoms with Gasteiger partial charge in [-0.2, -0.15) is 0 Å². The molecule has 0 atom stereocenters. The van der Waals surface area contributed by atoms with Gasteiger partial charge >= 0.3 is 0 Å². The molecule has 3 rings (SSSR count). The Bertz CT molecular complexity index is 939. The first kappa shape index (κ1) is 18.0. The number of nitrogens with zero attached hydrogens (tertiary/aromatic N) is 1. The van der Waals surface area contributed by atoms with Crippen LogP contribution in [0.3, 0.4) is 0 Å². The van der Waals surface area contributed by atoms with Gasteiger partial charge in [0.1, 0.15) is 0 Å². The molecule has 0 fully saturated rings. The standard InChI is InChI=1S/C18H20N2O3S2/c1-12-3-6-17(13(2)9-12)24-11-18(21)20-8-7-14-10-15(25(19,22)23)4-5-16(14)20/h3-6,9-10H,7-8,11H2,1-2H3,(H2,19,22,23). The lowest BCUT2D eigenvalue weighted by molar-refractivity contribution is -0.116. The molecule has 2 N–H and O–H groups in total. The van der Waals surface area contributed by atoms with Crippen LogP contribution in [0.15, 0.2) is 46.2 Å². The Morgan fingerprint density at radius 3 is 2.64 bits per heavy atom. The monoisotopic (exact) mass is 376 g/mol. The topological polar surface area (TPSA) is 80.5 Å². The maximum atomic E-state index is 12.6. The van der Waals surface area contributed by atoms with Crippen LogP contribution in [0.5, 0.6) is 0 Å². The molecule has 0 bridgehead atoms. The number of aryl methyl sites for hydroxylation is 2. The normalized spacial score (nSPS) is 13.8. The summed E-state index contributed by atoms with van der Waals surface area (Å²) in [6, 6.07) is 10.9. The average Bonchev–Trinajstić information content (AvgIpc) is 2.96. The molecule has 0 saturated heterocycles. The van der Waals surface area contributed by atoms with Gasteiger partial charge in [0.05, 0.1) is 10.6 Å². The lowest BCUT2D eigenvalue weighted by Gasteiger charge is -2.17. The van der Waals surface area contributed by atoms with E-state index in [-0.39, 0.29) is 10.8 Å². The summed E-state index contributed by atoms with van der Waals surface area (Å²) in [6.45, 7) is 4.65. The van der Waals surface area contributed by atoms with E-state index in [1.165, 1.54) is 23.4 Å². The second kappa shape index (κ2) is 6.82. The number of rotatable bonds is 4. The Morgan fingerprint density at radius 1 is 1.20 bits per heavy atom. The van der Waals surface area contributed by atoms with Gasteiger partial charge in [-0.3, -0.25) is 4.79 Å². The quantitative estimate of drug-likeness (QED) is 0.832. The Balaban J connectivity index is 1.73. The van der Waals surface area contributed by atoms with Crippen molar-refractivity contribution in [3.63, 3.8) is 0 Å². The number of sulfonamides is 1. The Labute approximate surface area is 152 Å². The average molecular weight is 377 g/mol. The molecule has 0 spiro atoms. The highest BCUT2D eigenvalue weighted by Gasteiger charge is 2.26. The second-order valence-electron chi connectivity index (χ2n) is 6.19. The maximum absolute atomic E-state index is 12.6. The lowest BCUT2D eigenvalue weighted by atomic mass is 10.2. The van der Waals surface area contributed by atoms with Gasteiger partial charge in [-0.25, -0.2) is 13.6 Å². The van der Waals surface area contributed by atoms with Crippen LogP contribution < -0.4 is 10.0 Å². The van der Waals surface area contributed by atoms with E-state index in [2.05, 4.69) is 6.07 Å². The molecule has 0 radical (unpaired) electrons. The molecule has 0 unspecified atom stereocenters. The molecule has 7 heteroatoms. The fraction of sp³-hybridized carbons (Fsp3) is 0.278. The van der Waals surface area contributed by atoms with E-state index >= 15 is 0 Å². The highest BCUT2D eigenvalue weighted by Crippen LogP contribution is 2.31. The first-order valence-electron chi connectivity index (χ1n) is 7.92. The van der Waals surface area contributed by atoms with Crippen molar-refractivity contribution in [2.75, 3.05) is 17.2 Å². The SMILES string of the molecule is Cc1ccc(SCC(=O)N2CCc3cc(S(N)(=O)=O)ccc32)c(C)c1. The molecule has 1 aliphatic heterocycles. The van der Waals surface area contributed by atoms with Gasteiger partial charge in [-0.05, 0) is 55.7 Å². The molecule has 1 heterocycles. The zero-order valence-corrected chi connectivity index (χ0v) is 15.8. The third kappa shape index (κ3) is 3.89. The molecule has 0 aliphatic carbocycles. The Hall–Kier alpha value is -1.83. The van der Waals surface area contributed by atoms with Crippen molar-refractivity contribution in [3.8, 4) is 0 Å². The van der Waals surface area contributed by atoms with Gasteiger partial charge < -0.3 is 4.90 Å². The molecule has 0 aromatic heterocycles. The van der Waals surface area contributed by atoms with Gasteiger partial charge in [0.15, 0.2) is 0 Å². The van der Waals surface area contributed by atoms with E-state index in [1.54, 1.807) is 17.0 Å². The third-order valence-electron chi connectivity index (χ3n) is 4.26. The van der Waals surface area contributed by atoms with Crippen LogP contribution in [0.1, 0.15) is 16.7 Å². The molecule has 25 heavy (non-hydrogen) atoms. The minimum absolute atomic E-state index is 0.0204. The van der Waals surface area contributed by atoms with Crippen molar-refractivity contribution >= 4 is 33.4 Å². The predicted octanol–water partition coefficient (Wildman–Crippen LogP) is 2.63. The third-order valence-corrected chi connectivity index (χ3v) is 6.33. The smallest absolute Gasteiger partial charge is 0.238 e. The summed E-state index contributed by atoms with van der Waals surface area (Å²) < 4.78 is 22.9. The van der Waals surface area contributed by atoms with E-state index in [0.717, 1.165) is 21.7 Å². The Kier molecular flexibility index (Phi) is 4.90. The van der Waals surface area contributed by atoms with Gasteiger partial charge in [0, 0.05) is 17.1 Å². The van der Waals surface area contributed by atoms with Crippen molar-refractivity contribution in [3.05, 3.63) is 53.1 Å². The van der Waals surface area contributed by atoms with Crippen molar-refractivity contribution < 1.29 is 13.2 Å². The summed E-state index contributed by atoms with van der Waals surface area (Å²) in [5.74, 6) is 0.368. The fourth-order valence-corrected chi connectivity index (χ4v) is 4.44. The van der Waals surface area contributed by atoms with Crippen molar-refractivity contribution in [1.29, 1.82) is 0 Å². The van der Waals surface area contributed by atoms with Crippen molar-refractivity contribution in [2.45, 2.75) is 30.1 Å². The zero-order chi connectivity index (χ0) is 18.2. The Morgan fingerprint density at radius 2 is 1.96 bits per heavy atom. The highest BCUT2D eigenvalue weighted by molar-refractivity contribution is 8.00. The van der Waals surface area contributed by atoms with E-state index < -0.39 is 10.0 Å². The van der Waals surface area contributed by atoms with Crippen LogP contribution >= 0.6 is 11.8 Å². The highest BCUT2D eigenvalue weighted by atomic mass is 32.2. The van der Waals surface area contributed by atoms with Gasteiger partial charge in [0.2, 0.25) is 15.9 Å². The van der Waals surface area contributed by atoms with E-state index in [1.807, 2.05) is 26.0 Å². The molecule has 1 amide bonds. The number of primary sulfonamides is 1. The van der Waals surface area contributed by atoms with E-state index in [9.17, 15) is 13.2 Å². The largest absolute Gasteiger partial charge is 0.311 e. The first-order chi connectivity index (χ1) is 11.8. The molecular formula is C18H20N2O3S2. The van der Waals surface area contributed by atoms with E-state index in [4.69, 9.17) is 5.14 Å². The van der Waals surface area contributed by atoms with Gasteiger partial charge in [-0.1, -0.05) is 17.7 Å². The summed E-state index contributed by atoms with van der Waals surface area (Å²) in [5.41, 5.74) is 3.99. The van der Waals surface area contributed by atoms with Crippen LogP contribution in [0.4, 0.5) is 5.69 Å². The summed E-state index contributed by atoms with van der Waals surface area (Å²) >= 11 is 1.53. The molecule has 132 valence electrons. The first-order valence-corrected chi connectivity index (χ1v) is 10.4. The number of carbonyl (C=O) groups excluding carboxylic acids is 1. The summed E-state index contributed by atoms with van der Waals surface area (Å²) in [4.78, 5) is 15.5. The number of benzene rings is 2. The van der Waals surface area contributed by atoms with Crippen LogP contribution in [0.25, 0.3) is 0 Å². The number of anilines is 1. The number of carbonyl (C=O) groups is 1. The number of amides is 1.